The van der Waals surface area contributed by atoms with Crippen LogP contribution in [0.25, 0.3) is 0 Å². The molecule has 3 rings (SSSR count). The predicted molar refractivity (Wildman–Crippen MR) is 86.9 cm³/mol. The Labute approximate surface area is 130 Å². The third-order valence-electron chi connectivity index (χ3n) is 5.82. The maximum absolute atomic E-state index is 14.4. The minimum atomic E-state index is -0.545. The van der Waals surface area contributed by atoms with Crippen molar-refractivity contribution in [3.05, 3.63) is 16.9 Å². The van der Waals surface area contributed by atoms with Gasteiger partial charge in [-0.05, 0) is 42.1 Å². The molecular weight excluding hydrogens is 289 g/mol. The van der Waals surface area contributed by atoms with E-state index in [1.165, 1.54) is 25.3 Å². The molecule has 2 aliphatic carbocycles. The Bertz CT molecular complexity index is 597. The molecule has 1 aromatic rings. The van der Waals surface area contributed by atoms with Crippen molar-refractivity contribution in [3.63, 3.8) is 0 Å². The SMILES string of the molecule is CC12CCC(C1)C(C)(C)C2Nc1c(N)cc(N)c(Cl)c1F. The van der Waals surface area contributed by atoms with Gasteiger partial charge in [-0.25, -0.2) is 4.39 Å². The van der Waals surface area contributed by atoms with Crippen molar-refractivity contribution >= 4 is 28.7 Å². The summed E-state index contributed by atoms with van der Waals surface area (Å²) in [6.07, 6.45) is 3.60. The number of hydrogen-bond donors (Lipinski definition) is 3. The maximum atomic E-state index is 14.4. The van der Waals surface area contributed by atoms with Crippen molar-refractivity contribution in [1.82, 2.24) is 0 Å². The third-order valence-corrected chi connectivity index (χ3v) is 6.21. The van der Waals surface area contributed by atoms with Crippen LogP contribution >= 0.6 is 11.6 Å². The summed E-state index contributed by atoms with van der Waals surface area (Å²) in [4.78, 5) is 0. The maximum Gasteiger partial charge on any atom is 0.169 e. The van der Waals surface area contributed by atoms with Gasteiger partial charge in [-0.2, -0.15) is 0 Å². The molecule has 3 unspecified atom stereocenters. The van der Waals surface area contributed by atoms with Crippen molar-refractivity contribution in [1.29, 1.82) is 0 Å². The van der Waals surface area contributed by atoms with Gasteiger partial charge in [0.15, 0.2) is 5.82 Å². The van der Waals surface area contributed by atoms with Crippen molar-refractivity contribution in [2.24, 2.45) is 16.7 Å². The van der Waals surface area contributed by atoms with Gasteiger partial charge >= 0.3 is 0 Å². The molecule has 0 aliphatic heterocycles. The van der Waals surface area contributed by atoms with E-state index >= 15 is 0 Å². The summed E-state index contributed by atoms with van der Waals surface area (Å²) in [6, 6.07) is 1.70. The van der Waals surface area contributed by atoms with E-state index < -0.39 is 5.82 Å². The van der Waals surface area contributed by atoms with Crippen LogP contribution < -0.4 is 16.8 Å². The van der Waals surface area contributed by atoms with Crippen LogP contribution in [0.1, 0.15) is 40.0 Å². The Morgan fingerprint density at radius 1 is 1.29 bits per heavy atom. The van der Waals surface area contributed by atoms with E-state index in [2.05, 4.69) is 26.1 Å². The Balaban J connectivity index is 2.00. The van der Waals surface area contributed by atoms with E-state index in [1.54, 1.807) is 0 Å². The highest BCUT2D eigenvalue weighted by molar-refractivity contribution is 6.33. The smallest absolute Gasteiger partial charge is 0.169 e. The zero-order chi connectivity index (χ0) is 15.6. The van der Waals surface area contributed by atoms with E-state index in [4.69, 9.17) is 23.1 Å². The molecule has 2 saturated carbocycles. The van der Waals surface area contributed by atoms with Crippen molar-refractivity contribution < 1.29 is 4.39 Å². The molecule has 5 heteroatoms. The fourth-order valence-corrected chi connectivity index (χ4v) is 4.77. The highest BCUT2D eigenvalue weighted by atomic mass is 35.5. The fraction of sp³-hybridized carbons (Fsp3) is 0.625. The lowest BCUT2D eigenvalue weighted by Gasteiger charge is -2.44. The average molecular weight is 312 g/mol. The second-order valence-electron chi connectivity index (χ2n) is 7.55. The van der Waals surface area contributed by atoms with Gasteiger partial charge in [0.05, 0.1) is 17.1 Å². The van der Waals surface area contributed by atoms with Crippen LogP contribution in [0, 0.1) is 22.6 Å². The lowest BCUT2D eigenvalue weighted by atomic mass is 9.68. The number of hydrogen-bond acceptors (Lipinski definition) is 3. The van der Waals surface area contributed by atoms with Crippen LogP contribution in [0.4, 0.5) is 21.5 Å². The number of halogens is 2. The van der Waals surface area contributed by atoms with Crippen molar-refractivity contribution in [2.75, 3.05) is 16.8 Å². The minimum absolute atomic E-state index is 0.0576. The number of fused-ring (bicyclic) bond motifs is 2. The van der Waals surface area contributed by atoms with Gasteiger partial charge in [-0.15, -0.1) is 0 Å². The molecule has 2 fully saturated rings. The van der Waals surface area contributed by atoms with Gasteiger partial charge in [0.25, 0.3) is 0 Å². The second kappa shape index (κ2) is 4.42. The first-order chi connectivity index (χ1) is 9.67. The molecule has 0 radical (unpaired) electrons. The summed E-state index contributed by atoms with van der Waals surface area (Å²) >= 11 is 5.93. The molecule has 0 amide bonds. The molecule has 0 spiro atoms. The Kier molecular flexibility index (Phi) is 3.11. The minimum Gasteiger partial charge on any atom is -0.397 e. The van der Waals surface area contributed by atoms with Crippen LogP contribution in [0.5, 0.6) is 0 Å². The third kappa shape index (κ3) is 1.99. The van der Waals surface area contributed by atoms with E-state index in [9.17, 15) is 4.39 Å². The summed E-state index contributed by atoms with van der Waals surface area (Å²) in [5, 5.41) is 3.31. The van der Waals surface area contributed by atoms with Gasteiger partial charge < -0.3 is 16.8 Å². The number of benzene rings is 1. The topological polar surface area (TPSA) is 64.1 Å². The summed E-state index contributed by atoms with van der Waals surface area (Å²) in [5.41, 5.74) is 12.7. The molecule has 5 N–H and O–H groups in total. The number of rotatable bonds is 2. The lowest BCUT2D eigenvalue weighted by Crippen LogP contribution is -2.46. The number of nitrogens with one attached hydrogen (secondary N) is 1. The van der Waals surface area contributed by atoms with Crippen LogP contribution in [-0.4, -0.2) is 6.04 Å². The summed E-state index contributed by atoms with van der Waals surface area (Å²) in [6.45, 7) is 6.80. The van der Waals surface area contributed by atoms with E-state index in [1.807, 2.05) is 0 Å². The number of anilines is 3. The fourth-order valence-electron chi connectivity index (χ4n) is 4.62. The lowest BCUT2D eigenvalue weighted by molar-refractivity contribution is 0.155. The Morgan fingerprint density at radius 2 is 1.95 bits per heavy atom. The quantitative estimate of drug-likeness (QED) is 0.715. The van der Waals surface area contributed by atoms with Gasteiger partial charge in [-0.1, -0.05) is 32.4 Å². The van der Waals surface area contributed by atoms with E-state index in [0.29, 0.717) is 17.3 Å². The summed E-state index contributed by atoms with van der Waals surface area (Å²) < 4.78 is 14.4. The zero-order valence-corrected chi connectivity index (χ0v) is 13.5. The standard InChI is InChI=1S/C16H23ClFN3/c1-15(2)8-4-5-16(3,7-8)14(15)21-13-10(20)6-9(19)11(17)12(13)18/h6,8,14,21H,4-5,7,19-20H2,1-3H3. The molecular formula is C16H23ClFN3. The monoisotopic (exact) mass is 311 g/mol. The Hall–Kier alpha value is -1.16. The molecule has 3 nitrogen and oxygen atoms in total. The van der Waals surface area contributed by atoms with Crippen LogP contribution in [0.2, 0.25) is 5.02 Å². The van der Waals surface area contributed by atoms with Crippen LogP contribution in [0.15, 0.2) is 6.07 Å². The van der Waals surface area contributed by atoms with Gasteiger partial charge in [0.1, 0.15) is 5.02 Å². The molecule has 2 aliphatic rings. The van der Waals surface area contributed by atoms with Gasteiger partial charge in [0, 0.05) is 6.04 Å². The van der Waals surface area contributed by atoms with Gasteiger partial charge in [-0.3, -0.25) is 0 Å². The highest BCUT2D eigenvalue weighted by Gasteiger charge is 2.59. The first-order valence-electron chi connectivity index (χ1n) is 7.46. The predicted octanol–water partition coefficient (Wildman–Crippen LogP) is 4.27. The Morgan fingerprint density at radius 3 is 2.52 bits per heavy atom. The van der Waals surface area contributed by atoms with Gasteiger partial charge in [0.2, 0.25) is 0 Å². The normalized spacial score (nSPS) is 33.4. The average Bonchev–Trinajstić information content (AvgIpc) is 2.86. The summed E-state index contributed by atoms with van der Waals surface area (Å²) in [5.74, 6) is 0.130. The number of nitrogens with two attached hydrogens (primary N) is 2. The number of nitrogen functional groups attached to an aromatic ring is 2. The largest absolute Gasteiger partial charge is 0.397 e. The molecule has 2 bridgehead atoms. The second-order valence-corrected chi connectivity index (χ2v) is 7.93. The molecule has 116 valence electrons. The first kappa shape index (κ1) is 14.8. The summed E-state index contributed by atoms with van der Waals surface area (Å²) in [7, 11) is 0. The first-order valence-corrected chi connectivity index (χ1v) is 7.84. The molecule has 21 heavy (non-hydrogen) atoms. The molecule has 0 saturated heterocycles. The molecule has 0 heterocycles. The molecule has 0 aromatic heterocycles. The van der Waals surface area contributed by atoms with Crippen molar-refractivity contribution in [3.8, 4) is 0 Å². The highest BCUT2D eigenvalue weighted by Crippen LogP contribution is 2.63. The van der Waals surface area contributed by atoms with Crippen LogP contribution in [0.3, 0.4) is 0 Å². The zero-order valence-electron chi connectivity index (χ0n) is 12.8. The van der Waals surface area contributed by atoms with Crippen LogP contribution in [-0.2, 0) is 0 Å². The van der Waals surface area contributed by atoms with Crippen molar-refractivity contribution in [2.45, 2.75) is 46.1 Å². The molecule has 1 aromatic carbocycles. The van der Waals surface area contributed by atoms with E-state index in [-0.39, 0.29) is 27.6 Å². The van der Waals surface area contributed by atoms with E-state index in [0.717, 1.165) is 0 Å². The molecule has 3 atom stereocenters.